The smallest absolute Gasteiger partial charge is 0.193 e. The van der Waals surface area contributed by atoms with Gasteiger partial charge in [0.25, 0.3) is 0 Å². The van der Waals surface area contributed by atoms with E-state index in [1.807, 2.05) is 37.4 Å². The van der Waals surface area contributed by atoms with Gasteiger partial charge < -0.3 is 15.0 Å². The predicted octanol–water partition coefficient (Wildman–Crippen LogP) is 3.37. The van der Waals surface area contributed by atoms with Crippen LogP contribution in [0.4, 0.5) is 0 Å². The van der Waals surface area contributed by atoms with E-state index in [1.165, 1.54) is 32.4 Å². The van der Waals surface area contributed by atoms with Crippen LogP contribution in [0.25, 0.3) is 0 Å². The fourth-order valence-electron chi connectivity index (χ4n) is 4.12. The second-order valence-electron chi connectivity index (χ2n) is 8.38. The van der Waals surface area contributed by atoms with Crippen LogP contribution in [0.15, 0.2) is 35.3 Å². The maximum absolute atomic E-state index is 6.12. The molecule has 2 aliphatic rings. The monoisotopic (exact) mass is 372 g/mol. The van der Waals surface area contributed by atoms with Crippen LogP contribution in [0.3, 0.4) is 0 Å². The third kappa shape index (κ3) is 5.61. The van der Waals surface area contributed by atoms with Gasteiger partial charge in [-0.15, -0.1) is 0 Å². The van der Waals surface area contributed by atoms with Crippen LogP contribution in [0.1, 0.15) is 46.0 Å². The van der Waals surface area contributed by atoms with E-state index in [9.17, 15) is 0 Å². The zero-order chi connectivity index (χ0) is 19.1. The van der Waals surface area contributed by atoms with E-state index in [1.54, 1.807) is 0 Å². The molecule has 150 valence electrons. The molecule has 5 nitrogen and oxygen atoms in total. The largest absolute Gasteiger partial charge is 0.490 e. The molecule has 3 rings (SSSR count). The van der Waals surface area contributed by atoms with Gasteiger partial charge in [-0.1, -0.05) is 24.6 Å². The fraction of sp³-hybridized carbons (Fsp3) is 0.682. The first-order valence-corrected chi connectivity index (χ1v) is 10.5. The molecule has 1 N–H and O–H groups in total. The van der Waals surface area contributed by atoms with E-state index >= 15 is 0 Å². The molecule has 5 heteroatoms. The topological polar surface area (TPSA) is 40.1 Å². The van der Waals surface area contributed by atoms with Crippen molar-refractivity contribution in [2.24, 2.45) is 4.99 Å². The number of likely N-dealkylation sites (tertiary alicyclic amines) is 2. The van der Waals surface area contributed by atoms with Crippen molar-refractivity contribution in [1.82, 2.24) is 15.1 Å². The van der Waals surface area contributed by atoms with Crippen LogP contribution in [-0.4, -0.2) is 67.2 Å². The highest BCUT2D eigenvalue weighted by Gasteiger charge is 2.29. The quantitative estimate of drug-likeness (QED) is 0.635. The Morgan fingerprint density at radius 2 is 1.74 bits per heavy atom. The average molecular weight is 373 g/mol. The molecule has 0 aromatic heterocycles. The van der Waals surface area contributed by atoms with Gasteiger partial charge in [-0.2, -0.15) is 0 Å². The number of piperidine rings is 2. The molecular weight excluding hydrogens is 336 g/mol. The van der Waals surface area contributed by atoms with E-state index in [4.69, 9.17) is 4.74 Å². The van der Waals surface area contributed by atoms with E-state index < -0.39 is 0 Å². The Balaban J connectivity index is 1.46. The number of rotatable bonds is 5. The number of hydrogen-bond acceptors (Lipinski definition) is 3. The standard InChI is InChI=1S/C22H36N4O/c1-22(2,26-14-8-5-9-15-26)18-24-21(23-3)25-16-12-20(13-17-25)27-19-10-6-4-7-11-19/h4,6-7,10-11,20H,5,8-9,12-18H2,1-3H3,(H,23,24). The maximum Gasteiger partial charge on any atom is 0.193 e. The Morgan fingerprint density at radius 3 is 2.37 bits per heavy atom. The first-order chi connectivity index (χ1) is 13.1. The van der Waals surface area contributed by atoms with E-state index in [-0.39, 0.29) is 5.54 Å². The van der Waals surface area contributed by atoms with Gasteiger partial charge in [0.2, 0.25) is 0 Å². The molecule has 27 heavy (non-hydrogen) atoms. The molecule has 2 fully saturated rings. The summed E-state index contributed by atoms with van der Waals surface area (Å²) in [5.41, 5.74) is 0.158. The van der Waals surface area contributed by atoms with Crippen molar-refractivity contribution in [2.45, 2.75) is 57.6 Å². The van der Waals surface area contributed by atoms with Gasteiger partial charge in [0.05, 0.1) is 0 Å². The Hall–Kier alpha value is -1.75. The average Bonchev–Trinajstić information content (AvgIpc) is 2.71. The molecule has 0 atom stereocenters. The summed E-state index contributed by atoms with van der Waals surface area (Å²) < 4.78 is 6.12. The molecule has 0 saturated carbocycles. The summed E-state index contributed by atoms with van der Waals surface area (Å²) >= 11 is 0. The molecule has 2 heterocycles. The molecule has 0 bridgehead atoms. The molecule has 0 spiro atoms. The minimum absolute atomic E-state index is 0.158. The molecule has 2 aliphatic heterocycles. The van der Waals surface area contributed by atoms with Crippen LogP contribution >= 0.6 is 0 Å². The minimum atomic E-state index is 0.158. The Kier molecular flexibility index (Phi) is 7.00. The summed E-state index contributed by atoms with van der Waals surface area (Å²) in [6, 6.07) is 10.2. The number of para-hydroxylation sites is 1. The summed E-state index contributed by atoms with van der Waals surface area (Å²) in [7, 11) is 1.89. The molecule has 0 amide bonds. The molecular formula is C22H36N4O. The highest BCUT2D eigenvalue weighted by atomic mass is 16.5. The molecule has 0 aliphatic carbocycles. The summed E-state index contributed by atoms with van der Waals surface area (Å²) in [4.78, 5) is 9.53. The van der Waals surface area contributed by atoms with Crippen LogP contribution < -0.4 is 10.1 Å². The highest BCUT2D eigenvalue weighted by molar-refractivity contribution is 5.80. The first-order valence-electron chi connectivity index (χ1n) is 10.5. The SMILES string of the molecule is CN=C(NCC(C)(C)N1CCCCC1)N1CCC(Oc2ccccc2)CC1. The van der Waals surface area contributed by atoms with Gasteiger partial charge in [-0.05, 0) is 51.9 Å². The molecule has 1 aromatic rings. The summed E-state index contributed by atoms with van der Waals surface area (Å²) in [6.45, 7) is 10.0. The third-order valence-corrected chi connectivity index (χ3v) is 5.89. The molecule has 0 unspecified atom stereocenters. The minimum Gasteiger partial charge on any atom is -0.490 e. The van der Waals surface area contributed by atoms with Gasteiger partial charge in [0.1, 0.15) is 11.9 Å². The van der Waals surface area contributed by atoms with Crippen molar-refractivity contribution in [1.29, 1.82) is 0 Å². The van der Waals surface area contributed by atoms with Crippen molar-refractivity contribution in [3.63, 3.8) is 0 Å². The lowest BCUT2D eigenvalue weighted by atomic mass is 9.98. The predicted molar refractivity (Wildman–Crippen MR) is 113 cm³/mol. The van der Waals surface area contributed by atoms with E-state index in [0.717, 1.165) is 44.2 Å². The lowest BCUT2D eigenvalue weighted by Gasteiger charge is -2.42. The highest BCUT2D eigenvalue weighted by Crippen LogP contribution is 2.21. The third-order valence-electron chi connectivity index (χ3n) is 5.89. The van der Waals surface area contributed by atoms with Gasteiger partial charge >= 0.3 is 0 Å². The van der Waals surface area contributed by atoms with E-state index in [0.29, 0.717) is 6.10 Å². The number of benzene rings is 1. The number of nitrogens with zero attached hydrogens (tertiary/aromatic N) is 3. The van der Waals surface area contributed by atoms with Crippen molar-refractivity contribution in [3.05, 3.63) is 30.3 Å². The zero-order valence-corrected chi connectivity index (χ0v) is 17.3. The van der Waals surface area contributed by atoms with Crippen molar-refractivity contribution in [3.8, 4) is 5.75 Å². The van der Waals surface area contributed by atoms with Crippen LogP contribution in [-0.2, 0) is 0 Å². The summed E-state index contributed by atoms with van der Waals surface area (Å²) in [5, 5.41) is 3.63. The van der Waals surface area contributed by atoms with Gasteiger partial charge in [0.15, 0.2) is 5.96 Å². The van der Waals surface area contributed by atoms with E-state index in [2.05, 4.69) is 34.0 Å². The van der Waals surface area contributed by atoms with Crippen LogP contribution in [0.5, 0.6) is 5.75 Å². The zero-order valence-electron chi connectivity index (χ0n) is 17.3. The first kappa shape index (κ1) is 20.0. The van der Waals surface area contributed by atoms with Crippen molar-refractivity contribution >= 4 is 5.96 Å². The van der Waals surface area contributed by atoms with Crippen LogP contribution in [0, 0.1) is 0 Å². The van der Waals surface area contributed by atoms with Crippen molar-refractivity contribution in [2.75, 3.05) is 39.8 Å². The number of hydrogen-bond donors (Lipinski definition) is 1. The Bertz CT molecular complexity index is 588. The summed E-state index contributed by atoms with van der Waals surface area (Å²) in [5.74, 6) is 2.00. The van der Waals surface area contributed by atoms with Gasteiger partial charge in [-0.3, -0.25) is 9.89 Å². The number of aliphatic imine (C=N–C) groups is 1. The lowest BCUT2D eigenvalue weighted by molar-refractivity contribution is 0.0961. The number of nitrogens with one attached hydrogen (secondary N) is 1. The lowest BCUT2D eigenvalue weighted by Crippen LogP contribution is -2.56. The summed E-state index contributed by atoms with van der Waals surface area (Å²) in [6.07, 6.45) is 6.39. The fourth-order valence-corrected chi connectivity index (χ4v) is 4.12. The van der Waals surface area contributed by atoms with Crippen LogP contribution in [0.2, 0.25) is 0 Å². The maximum atomic E-state index is 6.12. The number of guanidine groups is 1. The van der Waals surface area contributed by atoms with Gasteiger partial charge in [-0.25, -0.2) is 0 Å². The number of ether oxygens (including phenoxy) is 1. The molecule has 2 saturated heterocycles. The normalized spacial score (nSPS) is 20.6. The second kappa shape index (κ2) is 9.45. The second-order valence-corrected chi connectivity index (χ2v) is 8.38. The van der Waals surface area contributed by atoms with Crippen molar-refractivity contribution < 1.29 is 4.74 Å². The molecule has 0 radical (unpaired) electrons. The molecule has 1 aromatic carbocycles. The Labute approximate surface area is 164 Å². The van der Waals surface area contributed by atoms with Gasteiger partial charge in [0, 0.05) is 45.1 Å². The Morgan fingerprint density at radius 1 is 1.07 bits per heavy atom.